The molecule has 1 aliphatic heterocycles. The van der Waals surface area contributed by atoms with E-state index < -0.39 is 0 Å². The largest absolute Gasteiger partial charge is 0.345 e. The van der Waals surface area contributed by atoms with Gasteiger partial charge in [0.25, 0.3) is 5.91 Å². The van der Waals surface area contributed by atoms with Crippen LogP contribution in [0, 0.1) is 5.82 Å². The van der Waals surface area contributed by atoms with Crippen LogP contribution in [-0.2, 0) is 0 Å². The Balaban J connectivity index is 1.58. The zero-order valence-electron chi connectivity index (χ0n) is 13.5. The fraction of sp³-hybridized carbons (Fsp3) is 0.150. The molecule has 2 heterocycles. The van der Waals surface area contributed by atoms with Gasteiger partial charge in [0.1, 0.15) is 5.82 Å². The van der Waals surface area contributed by atoms with E-state index in [4.69, 9.17) is 0 Å². The van der Waals surface area contributed by atoms with E-state index in [0.717, 1.165) is 23.4 Å². The minimum absolute atomic E-state index is 0.138. The second-order valence-electron chi connectivity index (χ2n) is 5.96. The summed E-state index contributed by atoms with van der Waals surface area (Å²) in [4.78, 5) is 13.4. The summed E-state index contributed by atoms with van der Waals surface area (Å²) in [5.41, 5.74) is 2.40. The normalized spacial score (nSPS) is 16.3. The monoisotopic (exact) mass is 352 g/mol. The van der Waals surface area contributed by atoms with Crippen LogP contribution in [0.4, 0.5) is 4.39 Å². The lowest BCUT2D eigenvalue weighted by Gasteiger charge is -2.26. The van der Waals surface area contributed by atoms with Crippen LogP contribution in [0.25, 0.3) is 5.69 Å². The van der Waals surface area contributed by atoms with Crippen molar-refractivity contribution in [3.63, 3.8) is 0 Å². The van der Waals surface area contributed by atoms with Gasteiger partial charge >= 0.3 is 0 Å². The second kappa shape index (κ2) is 6.76. The van der Waals surface area contributed by atoms with Gasteiger partial charge in [-0.05, 0) is 48.4 Å². The number of nitrogens with one attached hydrogen (secondary N) is 1. The van der Waals surface area contributed by atoms with Crippen molar-refractivity contribution in [3.05, 3.63) is 83.9 Å². The molecule has 1 unspecified atom stereocenters. The van der Waals surface area contributed by atoms with Crippen LogP contribution >= 0.6 is 11.8 Å². The Kier molecular flexibility index (Phi) is 4.32. The number of carbonyl (C=O) groups is 1. The summed E-state index contributed by atoms with van der Waals surface area (Å²) in [6.07, 6.45) is 4.67. The lowest BCUT2D eigenvalue weighted by Crippen LogP contribution is -2.30. The van der Waals surface area contributed by atoms with Crippen molar-refractivity contribution >= 4 is 17.7 Å². The number of hydrogen-bond donors (Lipinski definition) is 1. The molecule has 0 saturated heterocycles. The van der Waals surface area contributed by atoms with Crippen LogP contribution in [0.15, 0.2) is 71.9 Å². The number of carbonyl (C=O) groups excluding carboxylic acids is 1. The molecule has 1 aliphatic rings. The van der Waals surface area contributed by atoms with Crippen LogP contribution in [0.1, 0.15) is 28.4 Å². The third-order valence-corrected chi connectivity index (χ3v) is 5.50. The van der Waals surface area contributed by atoms with Crippen LogP contribution in [0.5, 0.6) is 0 Å². The molecule has 1 N–H and O–H groups in total. The van der Waals surface area contributed by atoms with Gasteiger partial charge < -0.3 is 9.88 Å². The first-order valence-corrected chi connectivity index (χ1v) is 9.16. The molecule has 25 heavy (non-hydrogen) atoms. The maximum atomic E-state index is 14.0. The molecule has 2 aromatic carbocycles. The molecule has 3 aromatic rings. The molecule has 0 aliphatic carbocycles. The molecule has 0 radical (unpaired) electrons. The van der Waals surface area contributed by atoms with Crippen molar-refractivity contribution in [1.82, 2.24) is 9.88 Å². The van der Waals surface area contributed by atoms with Crippen molar-refractivity contribution < 1.29 is 9.18 Å². The number of rotatable bonds is 3. The van der Waals surface area contributed by atoms with Gasteiger partial charge in [-0.15, -0.1) is 11.8 Å². The maximum absolute atomic E-state index is 14.0. The third-order valence-electron chi connectivity index (χ3n) is 4.34. The molecule has 0 spiro atoms. The van der Waals surface area contributed by atoms with Crippen LogP contribution < -0.4 is 5.32 Å². The SMILES string of the molecule is O=C(NC1CCSc2c(F)cccc21)c1cccc(-n2cccc2)c1. The molecule has 1 atom stereocenters. The number of thioether (sulfide) groups is 1. The minimum Gasteiger partial charge on any atom is -0.345 e. The summed E-state index contributed by atoms with van der Waals surface area (Å²) in [6.45, 7) is 0. The number of fused-ring (bicyclic) bond motifs is 1. The van der Waals surface area contributed by atoms with Gasteiger partial charge in [-0.25, -0.2) is 4.39 Å². The first-order valence-electron chi connectivity index (χ1n) is 8.18. The molecule has 4 rings (SSSR count). The van der Waals surface area contributed by atoms with E-state index in [2.05, 4.69) is 5.32 Å². The predicted molar refractivity (Wildman–Crippen MR) is 97.7 cm³/mol. The maximum Gasteiger partial charge on any atom is 0.251 e. The Morgan fingerprint density at radius 2 is 1.92 bits per heavy atom. The quantitative estimate of drug-likeness (QED) is 0.748. The number of nitrogens with zero attached hydrogens (tertiary/aromatic N) is 1. The van der Waals surface area contributed by atoms with E-state index in [1.165, 1.54) is 17.8 Å². The van der Waals surface area contributed by atoms with Gasteiger partial charge in [0.05, 0.1) is 6.04 Å². The first-order chi connectivity index (χ1) is 12.2. The Bertz CT molecular complexity index is 908. The Labute approximate surface area is 149 Å². The average Bonchev–Trinajstić information content (AvgIpc) is 3.17. The summed E-state index contributed by atoms with van der Waals surface area (Å²) in [7, 11) is 0. The van der Waals surface area contributed by atoms with Crippen LogP contribution in [0.2, 0.25) is 0 Å². The average molecular weight is 352 g/mol. The number of hydrogen-bond acceptors (Lipinski definition) is 2. The molecular formula is C20H17FN2OS. The number of aromatic nitrogens is 1. The standard InChI is InChI=1S/C20H17FN2OS/c21-17-8-4-7-16-18(9-12-25-19(16)17)22-20(24)14-5-3-6-15(13-14)23-10-1-2-11-23/h1-8,10-11,13,18H,9,12H2,(H,22,24). The molecule has 3 nitrogen and oxygen atoms in total. The van der Waals surface area contributed by atoms with Gasteiger partial charge in [0, 0.05) is 34.3 Å². The molecule has 1 aromatic heterocycles. The van der Waals surface area contributed by atoms with E-state index in [1.807, 2.05) is 53.4 Å². The molecule has 0 fully saturated rings. The van der Waals surface area contributed by atoms with E-state index >= 15 is 0 Å². The highest BCUT2D eigenvalue weighted by Gasteiger charge is 2.24. The molecular weight excluding hydrogens is 335 g/mol. The van der Waals surface area contributed by atoms with Crippen molar-refractivity contribution in [2.75, 3.05) is 5.75 Å². The molecule has 126 valence electrons. The van der Waals surface area contributed by atoms with E-state index in [-0.39, 0.29) is 17.8 Å². The van der Waals surface area contributed by atoms with Crippen LogP contribution in [0.3, 0.4) is 0 Å². The van der Waals surface area contributed by atoms with Crippen molar-refractivity contribution in [2.45, 2.75) is 17.4 Å². The van der Waals surface area contributed by atoms with Crippen LogP contribution in [-0.4, -0.2) is 16.2 Å². The highest BCUT2D eigenvalue weighted by atomic mass is 32.2. The summed E-state index contributed by atoms with van der Waals surface area (Å²) in [6, 6.07) is 16.3. The van der Waals surface area contributed by atoms with E-state index in [1.54, 1.807) is 12.1 Å². The van der Waals surface area contributed by atoms with Gasteiger partial charge in [0.15, 0.2) is 0 Å². The van der Waals surface area contributed by atoms with E-state index in [9.17, 15) is 9.18 Å². The summed E-state index contributed by atoms with van der Waals surface area (Å²) < 4.78 is 15.9. The first kappa shape index (κ1) is 16.0. The highest BCUT2D eigenvalue weighted by molar-refractivity contribution is 7.99. The molecule has 1 amide bonds. The smallest absolute Gasteiger partial charge is 0.251 e. The number of benzene rings is 2. The number of halogens is 1. The fourth-order valence-electron chi connectivity index (χ4n) is 3.09. The van der Waals surface area contributed by atoms with Crippen molar-refractivity contribution in [3.8, 4) is 5.69 Å². The van der Waals surface area contributed by atoms with Gasteiger partial charge in [-0.3, -0.25) is 4.79 Å². The summed E-state index contributed by atoms with van der Waals surface area (Å²) >= 11 is 1.51. The molecule has 5 heteroatoms. The van der Waals surface area contributed by atoms with Gasteiger partial charge in [0.2, 0.25) is 0 Å². The Morgan fingerprint density at radius 1 is 1.12 bits per heavy atom. The topological polar surface area (TPSA) is 34.0 Å². The lowest BCUT2D eigenvalue weighted by molar-refractivity contribution is 0.0934. The molecule has 0 bridgehead atoms. The van der Waals surface area contributed by atoms with Crippen molar-refractivity contribution in [1.29, 1.82) is 0 Å². The zero-order valence-corrected chi connectivity index (χ0v) is 14.3. The predicted octanol–water partition coefficient (Wildman–Crippen LogP) is 4.58. The third kappa shape index (κ3) is 3.20. The highest BCUT2D eigenvalue weighted by Crippen LogP contribution is 2.37. The minimum atomic E-state index is -0.212. The molecule has 0 saturated carbocycles. The fourth-order valence-corrected chi connectivity index (χ4v) is 4.23. The summed E-state index contributed by atoms with van der Waals surface area (Å²) in [5, 5.41) is 3.06. The Morgan fingerprint density at radius 3 is 2.76 bits per heavy atom. The summed E-state index contributed by atoms with van der Waals surface area (Å²) in [5.74, 6) is 0.444. The Hall–Kier alpha value is -2.53. The van der Waals surface area contributed by atoms with Gasteiger partial charge in [-0.1, -0.05) is 18.2 Å². The van der Waals surface area contributed by atoms with Gasteiger partial charge in [-0.2, -0.15) is 0 Å². The van der Waals surface area contributed by atoms with E-state index in [0.29, 0.717) is 10.5 Å². The lowest BCUT2D eigenvalue weighted by atomic mass is 10.0. The number of amides is 1. The van der Waals surface area contributed by atoms with Crippen molar-refractivity contribution in [2.24, 2.45) is 0 Å². The second-order valence-corrected chi connectivity index (χ2v) is 7.07. The zero-order chi connectivity index (χ0) is 17.2.